The number of benzene rings is 4. The van der Waals surface area contributed by atoms with Crippen LogP contribution in [0.4, 0.5) is 10.1 Å². The van der Waals surface area contributed by atoms with Crippen molar-refractivity contribution >= 4 is 27.5 Å². The van der Waals surface area contributed by atoms with E-state index in [-0.39, 0.29) is 35.5 Å². The summed E-state index contributed by atoms with van der Waals surface area (Å²) < 4.78 is 42.8. The summed E-state index contributed by atoms with van der Waals surface area (Å²) in [4.78, 5) is 30.1. The molecule has 46 heavy (non-hydrogen) atoms. The van der Waals surface area contributed by atoms with Crippen molar-refractivity contribution in [2.24, 2.45) is 0 Å². The SMILES string of the molecule is Cc1cccc(CN(C(=O)CN(c2ccccc2)S(=O)(=O)c2ccc(F)cc2)[C@@H](Cc2ccccc2)C(=O)NC2CCCCC2)c1. The molecule has 0 heterocycles. The van der Waals surface area contributed by atoms with Crippen molar-refractivity contribution in [3.8, 4) is 0 Å². The second kappa shape index (κ2) is 15.2. The number of hydrogen-bond acceptors (Lipinski definition) is 4. The molecular weight excluding hydrogens is 601 g/mol. The molecule has 0 aromatic heterocycles. The third kappa shape index (κ3) is 8.40. The van der Waals surface area contributed by atoms with E-state index in [1.165, 1.54) is 17.0 Å². The van der Waals surface area contributed by atoms with Crippen LogP contribution in [0.5, 0.6) is 0 Å². The van der Waals surface area contributed by atoms with Crippen molar-refractivity contribution in [3.05, 3.63) is 132 Å². The fourth-order valence-corrected chi connectivity index (χ4v) is 7.38. The number of halogens is 1. The first-order valence-electron chi connectivity index (χ1n) is 15.7. The van der Waals surface area contributed by atoms with Crippen LogP contribution in [0.2, 0.25) is 0 Å². The minimum atomic E-state index is -4.29. The standard InChI is InChI=1S/C37H40FN3O4S/c1-28-12-11-15-30(24-28)26-40(35(25-29-13-5-2-6-14-29)37(43)39-32-16-7-3-8-17-32)36(42)27-41(33-18-9-4-10-19-33)46(44,45)34-22-20-31(38)21-23-34/h2,4-6,9-15,18-24,32,35H,3,7-8,16-17,25-27H2,1H3,(H,39,43)/t35-/m0/s1. The van der Waals surface area contributed by atoms with E-state index in [0.717, 1.165) is 65.2 Å². The number of rotatable bonds is 12. The Kier molecular flexibility index (Phi) is 10.9. The van der Waals surface area contributed by atoms with Crippen LogP contribution >= 0.6 is 0 Å². The molecule has 1 aliphatic carbocycles. The van der Waals surface area contributed by atoms with E-state index in [0.29, 0.717) is 0 Å². The Morgan fingerprint density at radius 1 is 0.826 bits per heavy atom. The number of aryl methyl sites for hydroxylation is 1. The van der Waals surface area contributed by atoms with Gasteiger partial charge in [-0.3, -0.25) is 13.9 Å². The Labute approximate surface area is 271 Å². The van der Waals surface area contributed by atoms with Crippen LogP contribution in [0.3, 0.4) is 0 Å². The lowest BCUT2D eigenvalue weighted by Crippen LogP contribution is -2.55. The number of anilines is 1. The zero-order valence-electron chi connectivity index (χ0n) is 26.0. The van der Waals surface area contributed by atoms with Gasteiger partial charge in [-0.2, -0.15) is 0 Å². The highest BCUT2D eigenvalue weighted by Gasteiger charge is 2.35. The largest absolute Gasteiger partial charge is 0.352 e. The predicted molar refractivity (Wildman–Crippen MR) is 178 cm³/mol. The quantitative estimate of drug-likeness (QED) is 0.194. The summed E-state index contributed by atoms with van der Waals surface area (Å²) in [6.45, 7) is 1.51. The molecule has 0 unspecified atom stereocenters. The maximum atomic E-state index is 14.6. The molecule has 0 saturated heterocycles. The Morgan fingerprint density at radius 3 is 2.11 bits per heavy atom. The summed E-state index contributed by atoms with van der Waals surface area (Å²) >= 11 is 0. The monoisotopic (exact) mass is 641 g/mol. The highest BCUT2D eigenvalue weighted by Crippen LogP contribution is 2.26. The molecule has 0 spiro atoms. The highest BCUT2D eigenvalue weighted by molar-refractivity contribution is 7.92. The fourth-order valence-electron chi connectivity index (χ4n) is 5.96. The zero-order valence-corrected chi connectivity index (χ0v) is 26.8. The lowest BCUT2D eigenvalue weighted by atomic mass is 9.94. The molecule has 1 atom stereocenters. The number of para-hydroxylation sites is 1. The van der Waals surface area contributed by atoms with E-state index >= 15 is 0 Å². The van der Waals surface area contributed by atoms with Gasteiger partial charge in [0.1, 0.15) is 18.4 Å². The van der Waals surface area contributed by atoms with Crippen molar-refractivity contribution in [1.29, 1.82) is 0 Å². The molecule has 9 heteroatoms. The van der Waals surface area contributed by atoms with Crippen molar-refractivity contribution in [2.75, 3.05) is 10.8 Å². The third-order valence-corrected chi connectivity index (χ3v) is 10.2. The first-order valence-corrected chi connectivity index (χ1v) is 17.2. The van der Waals surface area contributed by atoms with E-state index in [4.69, 9.17) is 0 Å². The molecule has 0 radical (unpaired) electrons. The van der Waals surface area contributed by atoms with Crippen LogP contribution in [0.25, 0.3) is 0 Å². The van der Waals surface area contributed by atoms with Gasteiger partial charge in [-0.1, -0.05) is 97.6 Å². The topological polar surface area (TPSA) is 86.8 Å². The number of sulfonamides is 1. The average molecular weight is 642 g/mol. The number of nitrogens with one attached hydrogen (secondary N) is 1. The fraction of sp³-hybridized carbons (Fsp3) is 0.297. The second-order valence-corrected chi connectivity index (χ2v) is 13.7. The first kappa shape index (κ1) is 32.9. The van der Waals surface area contributed by atoms with E-state index in [2.05, 4.69) is 5.32 Å². The molecular formula is C37H40FN3O4S. The highest BCUT2D eigenvalue weighted by atomic mass is 32.2. The Bertz CT molecular complexity index is 1710. The maximum Gasteiger partial charge on any atom is 0.264 e. The number of hydrogen-bond donors (Lipinski definition) is 1. The van der Waals surface area contributed by atoms with E-state index < -0.39 is 34.3 Å². The van der Waals surface area contributed by atoms with E-state index in [1.54, 1.807) is 30.3 Å². The Balaban J connectivity index is 1.55. The van der Waals surface area contributed by atoms with Gasteiger partial charge in [0.15, 0.2) is 0 Å². The molecule has 0 bridgehead atoms. The summed E-state index contributed by atoms with van der Waals surface area (Å²) in [6, 6.07) is 29.2. The van der Waals surface area contributed by atoms with Crippen LogP contribution in [-0.4, -0.2) is 43.8 Å². The number of nitrogens with zero attached hydrogens (tertiary/aromatic N) is 2. The number of carbonyl (C=O) groups is 2. The summed E-state index contributed by atoms with van der Waals surface area (Å²) in [7, 11) is -4.29. The maximum absolute atomic E-state index is 14.6. The summed E-state index contributed by atoms with van der Waals surface area (Å²) in [5, 5.41) is 3.22. The molecule has 2 amide bonds. The van der Waals surface area contributed by atoms with Crippen molar-refractivity contribution in [2.45, 2.75) is 69.0 Å². The molecule has 0 aliphatic heterocycles. The lowest BCUT2D eigenvalue weighted by molar-refractivity contribution is -0.140. The van der Waals surface area contributed by atoms with Gasteiger partial charge in [-0.25, -0.2) is 12.8 Å². The van der Waals surface area contributed by atoms with Crippen LogP contribution < -0.4 is 9.62 Å². The molecule has 240 valence electrons. The summed E-state index contributed by atoms with van der Waals surface area (Å²) in [6.07, 6.45) is 5.23. The Morgan fingerprint density at radius 2 is 1.46 bits per heavy atom. The van der Waals surface area contributed by atoms with E-state index in [9.17, 15) is 22.4 Å². The number of carbonyl (C=O) groups excluding carboxylic acids is 2. The minimum absolute atomic E-state index is 0.0233. The lowest BCUT2D eigenvalue weighted by Gasteiger charge is -2.35. The minimum Gasteiger partial charge on any atom is -0.352 e. The average Bonchev–Trinajstić information content (AvgIpc) is 3.06. The summed E-state index contributed by atoms with van der Waals surface area (Å²) in [5.41, 5.74) is 2.99. The molecule has 5 rings (SSSR count). The van der Waals surface area contributed by atoms with Gasteiger partial charge in [0, 0.05) is 19.0 Å². The molecule has 4 aromatic carbocycles. The van der Waals surface area contributed by atoms with Gasteiger partial charge in [-0.15, -0.1) is 0 Å². The van der Waals surface area contributed by atoms with E-state index in [1.807, 2.05) is 61.5 Å². The van der Waals surface area contributed by atoms with Crippen LogP contribution in [0, 0.1) is 12.7 Å². The molecule has 1 aliphatic rings. The first-order chi connectivity index (χ1) is 22.2. The summed E-state index contributed by atoms with van der Waals surface area (Å²) in [5.74, 6) is -1.36. The normalized spacial score (nSPS) is 14.3. The van der Waals surface area contributed by atoms with Gasteiger partial charge >= 0.3 is 0 Å². The van der Waals surface area contributed by atoms with Gasteiger partial charge in [0.25, 0.3) is 10.0 Å². The smallest absolute Gasteiger partial charge is 0.264 e. The van der Waals surface area contributed by atoms with Crippen LogP contribution in [0.15, 0.2) is 114 Å². The van der Waals surface area contributed by atoms with Gasteiger partial charge in [0.05, 0.1) is 10.6 Å². The predicted octanol–water partition coefficient (Wildman–Crippen LogP) is 6.42. The molecule has 1 N–H and O–H groups in total. The second-order valence-electron chi connectivity index (χ2n) is 11.9. The molecule has 4 aromatic rings. The van der Waals surface area contributed by atoms with Crippen molar-refractivity contribution in [3.63, 3.8) is 0 Å². The molecule has 1 fully saturated rings. The third-order valence-electron chi connectivity index (χ3n) is 8.38. The van der Waals surface area contributed by atoms with Crippen molar-refractivity contribution < 1.29 is 22.4 Å². The Hall–Kier alpha value is -4.50. The van der Waals surface area contributed by atoms with Crippen molar-refractivity contribution in [1.82, 2.24) is 10.2 Å². The van der Waals surface area contributed by atoms with Gasteiger partial charge in [-0.05, 0) is 67.3 Å². The molecule has 1 saturated carbocycles. The number of amides is 2. The van der Waals surface area contributed by atoms with Crippen LogP contribution in [0.1, 0.15) is 48.8 Å². The zero-order chi connectivity index (χ0) is 32.5. The van der Waals surface area contributed by atoms with Gasteiger partial charge in [0.2, 0.25) is 11.8 Å². The van der Waals surface area contributed by atoms with Gasteiger partial charge < -0.3 is 10.2 Å². The van der Waals surface area contributed by atoms with Crippen LogP contribution in [-0.2, 0) is 32.6 Å². The molecule has 7 nitrogen and oxygen atoms in total.